The van der Waals surface area contributed by atoms with E-state index in [4.69, 9.17) is 9.47 Å². The van der Waals surface area contributed by atoms with Gasteiger partial charge in [-0.3, -0.25) is 0 Å². The summed E-state index contributed by atoms with van der Waals surface area (Å²) in [7, 11) is 2.54. The number of nitrogens with zero attached hydrogens (tertiary/aromatic N) is 2. The molecule has 1 aromatic carbocycles. The molecule has 0 aliphatic heterocycles. The molecule has 0 saturated heterocycles. The fraction of sp³-hybridized carbons (Fsp3) is 0.222. The second-order valence-corrected chi connectivity index (χ2v) is 5.35. The molecule has 3 aromatic rings. The first kappa shape index (κ1) is 18.2. The number of imidazole rings is 1. The molecule has 0 aliphatic rings. The van der Waals surface area contributed by atoms with Crippen LogP contribution >= 0.6 is 0 Å². The first-order chi connectivity index (χ1) is 13.1. The lowest BCUT2D eigenvalue weighted by Gasteiger charge is -2.12. The fourth-order valence-electron chi connectivity index (χ4n) is 2.28. The van der Waals surface area contributed by atoms with Crippen molar-refractivity contribution in [2.45, 2.75) is 0 Å². The Morgan fingerprint density at radius 2 is 1.78 bits per heavy atom. The Morgan fingerprint density at radius 3 is 2.48 bits per heavy atom. The van der Waals surface area contributed by atoms with Gasteiger partial charge in [-0.15, -0.1) is 0 Å². The number of H-pyrrole nitrogens is 1. The largest absolute Gasteiger partial charge is 0.482 e. The highest BCUT2D eigenvalue weighted by atomic mass is 16.6. The van der Waals surface area contributed by atoms with Crippen molar-refractivity contribution in [1.29, 1.82) is 0 Å². The Labute approximate surface area is 154 Å². The molecule has 0 amide bonds. The SMILES string of the molecule is COC(=O)COc1ccc(-c2nc3ncccc3[nH]2)c(OCC(=O)OC)c1. The van der Waals surface area contributed by atoms with Gasteiger partial charge in [-0.25, -0.2) is 19.6 Å². The molecule has 0 saturated carbocycles. The van der Waals surface area contributed by atoms with Gasteiger partial charge in [-0.05, 0) is 24.3 Å². The Kier molecular flexibility index (Phi) is 5.50. The van der Waals surface area contributed by atoms with E-state index >= 15 is 0 Å². The number of hydrogen-bond donors (Lipinski definition) is 1. The van der Waals surface area contributed by atoms with Gasteiger partial charge in [0.1, 0.15) is 17.3 Å². The highest BCUT2D eigenvalue weighted by Crippen LogP contribution is 2.33. The van der Waals surface area contributed by atoms with E-state index in [1.165, 1.54) is 14.2 Å². The van der Waals surface area contributed by atoms with Crippen LogP contribution in [0.1, 0.15) is 0 Å². The summed E-state index contributed by atoms with van der Waals surface area (Å²) in [6, 6.07) is 8.56. The van der Waals surface area contributed by atoms with Crippen LogP contribution in [-0.4, -0.2) is 54.3 Å². The monoisotopic (exact) mass is 371 g/mol. The quantitative estimate of drug-likeness (QED) is 0.625. The molecule has 9 heteroatoms. The van der Waals surface area contributed by atoms with E-state index in [2.05, 4.69) is 24.4 Å². The number of carbonyl (C=O) groups excluding carboxylic acids is 2. The lowest BCUT2D eigenvalue weighted by molar-refractivity contribution is -0.143. The zero-order valence-electron chi connectivity index (χ0n) is 14.7. The zero-order valence-corrected chi connectivity index (χ0v) is 14.7. The van der Waals surface area contributed by atoms with Gasteiger partial charge in [-0.1, -0.05) is 0 Å². The number of hydrogen-bond acceptors (Lipinski definition) is 8. The van der Waals surface area contributed by atoms with Crippen LogP contribution in [0.25, 0.3) is 22.6 Å². The normalized spacial score (nSPS) is 10.4. The summed E-state index contributed by atoms with van der Waals surface area (Å²) < 4.78 is 20.1. The van der Waals surface area contributed by atoms with Crippen LogP contribution < -0.4 is 9.47 Å². The number of benzene rings is 1. The maximum absolute atomic E-state index is 11.4. The third kappa shape index (κ3) is 4.32. The average molecular weight is 371 g/mol. The van der Waals surface area contributed by atoms with Crippen LogP contribution in [-0.2, 0) is 19.1 Å². The van der Waals surface area contributed by atoms with E-state index in [9.17, 15) is 9.59 Å². The van der Waals surface area contributed by atoms with Crippen molar-refractivity contribution in [1.82, 2.24) is 15.0 Å². The molecule has 0 atom stereocenters. The van der Waals surface area contributed by atoms with E-state index < -0.39 is 11.9 Å². The summed E-state index contributed by atoms with van der Waals surface area (Å²) >= 11 is 0. The van der Waals surface area contributed by atoms with E-state index in [0.29, 0.717) is 28.5 Å². The molecular weight excluding hydrogens is 354 g/mol. The number of fused-ring (bicyclic) bond motifs is 1. The average Bonchev–Trinajstić information content (AvgIpc) is 3.14. The molecule has 0 fully saturated rings. The smallest absolute Gasteiger partial charge is 0.343 e. The number of nitrogens with one attached hydrogen (secondary N) is 1. The summed E-state index contributed by atoms with van der Waals surface area (Å²) in [5, 5.41) is 0. The molecule has 140 valence electrons. The van der Waals surface area contributed by atoms with Gasteiger partial charge in [0.25, 0.3) is 0 Å². The van der Waals surface area contributed by atoms with Gasteiger partial charge >= 0.3 is 11.9 Å². The lowest BCUT2D eigenvalue weighted by atomic mass is 10.2. The second kappa shape index (κ2) is 8.17. The van der Waals surface area contributed by atoms with E-state index in [0.717, 1.165) is 5.52 Å². The molecule has 2 heterocycles. The van der Waals surface area contributed by atoms with Gasteiger partial charge in [0.15, 0.2) is 18.9 Å². The zero-order chi connectivity index (χ0) is 19.2. The highest BCUT2D eigenvalue weighted by Gasteiger charge is 2.15. The van der Waals surface area contributed by atoms with Crippen molar-refractivity contribution >= 4 is 23.1 Å². The summed E-state index contributed by atoms with van der Waals surface area (Å²) in [5.74, 6) is 0.177. The maximum Gasteiger partial charge on any atom is 0.343 e. The Bertz CT molecular complexity index is 936. The van der Waals surface area contributed by atoms with Crippen molar-refractivity contribution in [3.63, 3.8) is 0 Å². The molecule has 0 radical (unpaired) electrons. The molecular formula is C18H17N3O6. The van der Waals surface area contributed by atoms with Gasteiger partial charge < -0.3 is 23.9 Å². The van der Waals surface area contributed by atoms with E-state index in [-0.39, 0.29) is 13.2 Å². The minimum absolute atomic E-state index is 0.249. The first-order valence-corrected chi connectivity index (χ1v) is 7.95. The second-order valence-electron chi connectivity index (χ2n) is 5.35. The fourth-order valence-corrected chi connectivity index (χ4v) is 2.28. The molecule has 27 heavy (non-hydrogen) atoms. The van der Waals surface area contributed by atoms with Crippen molar-refractivity contribution in [2.75, 3.05) is 27.4 Å². The minimum Gasteiger partial charge on any atom is -0.482 e. The van der Waals surface area contributed by atoms with Crippen LogP contribution in [0.5, 0.6) is 11.5 Å². The lowest BCUT2D eigenvalue weighted by Crippen LogP contribution is -2.14. The molecule has 0 bridgehead atoms. The first-order valence-electron chi connectivity index (χ1n) is 7.95. The molecule has 2 aromatic heterocycles. The Hall–Kier alpha value is -3.62. The summed E-state index contributed by atoms with van der Waals surface area (Å²) in [6.07, 6.45) is 1.64. The third-order valence-electron chi connectivity index (χ3n) is 3.62. The standard InChI is InChI=1S/C18H17N3O6/c1-24-15(22)9-26-11-5-6-12(14(8-11)27-10-16(23)25-2)17-20-13-4-3-7-19-18(13)21-17/h3-8H,9-10H2,1-2H3,(H,19,20,21). The van der Waals surface area contributed by atoms with Crippen LogP contribution in [0.3, 0.4) is 0 Å². The summed E-state index contributed by atoms with van der Waals surface area (Å²) in [4.78, 5) is 34.5. The topological polar surface area (TPSA) is 113 Å². The summed E-state index contributed by atoms with van der Waals surface area (Å²) in [6.45, 7) is -0.538. The summed E-state index contributed by atoms with van der Waals surface area (Å²) in [5.41, 5.74) is 1.91. The van der Waals surface area contributed by atoms with Gasteiger partial charge in [0.05, 0.1) is 25.3 Å². The van der Waals surface area contributed by atoms with Gasteiger partial charge in [0, 0.05) is 12.3 Å². The molecule has 9 nitrogen and oxygen atoms in total. The van der Waals surface area contributed by atoms with Gasteiger partial charge in [-0.2, -0.15) is 0 Å². The Balaban J connectivity index is 1.92. The highest BCUT2D eigenvalue weighted by molar-refractivity contribution is 5.78. The number of esters is 2. The number of ether oxygens (including phenoxy) is 4. The molecule has 3 rings (SSSR count). The van der Waals surface area contributed by atoms with Gasteiger partial charge in [0.2, 0.25) is 0 Å². The van der Waals surface area contributed by atoms with E-state index in [1.54, 1.807) is 30.5 Å². The number of aromatic amines is 1. The Morgan fingerprint density at radius 1 is 1.04 bits per heavy atom. The number of carbonyl (C=O) groups is 2. The van der Waals surface area contributed by atoms with Crippen molar-refractivity contribution in [2.24, 2.45) is 0 Å². The van der Waals surface area contributed by atoms with Crippen molar-refractivity contribution < 1.29 is 28.5 Å². The predicted molar refractivity (Wildman–Crippen MR) is 94.3 cm³/mol. The third-order valence-corrected chi connectivity index (χ3v) is 3.62. The maximum atomic E-state index is 11.4. The molecule has 0 unspecified atom stereocenters. The van der Waals surface area contributed by atoms with Crippen LogP contribution in [0.15, 0.2) is 36.5 Å². The number of rotatable bonds is 7. The van der Waals surface area contributed by atoms with E-state index in [1.807, 2.05) is 6.07 Å². The molecule has 0 spiro atoms. The predicted octanol–water partition coefficient (Wildman–Crippen LogP) is 1.73. The minimum atomic E-state index is -0.534. The molecule has 1 N–H and O–H groups in total. The van der Waals surface area contributed by atoms with Crippen LogP contribution in [0.2, 0.25) is 0 Å². The van der Waals surface area contributed by atoms with Crippen LogP contribution in [0.4, 0.5) is 0 Å². The molecule has 0 aliphatic carbocycles. The van der Waals surface area contributed by atoms with Crippen molar-refractivity contribution in [3.05, 3.63) is 36.5 Å². The number of pyridine rings is 1. The number of methoxy groups -OCH3 is 2. The number of aromatic nitrogens is 3. The van der Waals surface area contributed by atoms with Crippen LogP contribution in [0, 0.1) is 0 Å². The van der Waals surface area contributed by atoms with Crippen molar-refractivity contribution in [3.8, 4) is 22.9 Å².